The molecule has 0 atom stereocenters. The third-order valence-electron chi connectivity index (χ3n) is 5.34. The van der Waals surface area contributed by atoms with Gasteiger partial charge in [0.05, 0.1) is 35.7 Å². The monoisotopic (exact) mass is 466 g/mol. The molecule has 9 heteroatoms. The first-order valence-corrected chi connectivity index (χ1v) is 12.2. The lowest BCUT2D eigenvalue weighted by molar-refractivity contribution is -0.0215. The maximum absolute atomic E-state index is 5.79. The standard InChI is InChI=1S/C22H18N4O2S3/c1-13-6-2-4-8-15(13)26-20-18(31-22(26)29)19-23-14-7-3-5-9-16(14)25(19)21(24-20)30-12-17-27-10-11-28-17/h2-9,17H,10-12H2,1H3. The highest BCUT2D eigenvalue weighted by Crippen LogP contribution is 2.35. The molecule has 6 rings (SSSR count). The lowest BCUT2D eigenvalue weighted by atomic mass is 10.2. The number of thiazole rings is 1. The zero-order valence-corrected chi connectivity index (χ0v) is 19.1. The summed E-state index contributed by atoms with van der Waals surface area (Å²) >= 11 is 8.96. The van der Waals surface area contributed by atoms with Gasteiger partial charge < -0.3 is 9.47 Å². The highest BCUT2D eigenvalue weighted by atomic mass is 32.2. The Morgan fingerprint density at radius 3 is 2.68 bits per heavy atom. The van der Waals surface area contributed by atoms with Crippen LogP contribution in [-0.4, -0.2) is 44.2 Å². The molecule has 1 aliphatic rings. The number of aromatic nitrogens is 4. The van der Waals surface area contributed by atoms with Crippen molar-refractivity contribution < 1.29 is 9.47 Å². The van der Waals surface area contributed by atoms with E-state index >= 15 is 0 Å². The van der Waals surface area contributed by atoms with Gasteiger partial charge >= 0.3 is 0 Å². The number of thioether (sulfide) groups is 1. The Morgan fingerprint density at radius 1 is 1.06 bits per heavy atom. The number of hydrogen-bond donors (Lipinski definition) is 0. The fourth-order valence-electron chi connectivity index (χ4n) is 3.90. The molecule has 2 aromatic carbocycles. The number of rotatable bonds is 4. The second kappa shape index (κ2) is 7.68. The first-order valence-electron chi connectivity index (χ1n) is 9.95. The number of para-hydroxylation sites is 3. The third-order valence-corrected chi connectivity index (χ3v) is 7.67. The molecule has 0 bridgehead atoms. The quantitative estimate of drug-likeness (QED) is 0.201. The van der Waals surface area contributed by atoms with Gasteiger partial charge in [-0.2, -0.15) is 0 Å². The van der Waals surface area contributed by atoms with Gasteiger partial charge in [-0.25, -0.2) is 9.97 Å². The molecular weight excluding hydrogens is 448 g/mol. The smallest absolute Gasteiger partial charge is 0.176 e. The predicted octanol–water partition coefficient (Wildman–Crippen LogP) is 5.39. The van der Waals surface area contributed by atoms with Crippen LogP contribution < -0.4 is 0 Å². The van der Waals surface area contributed by atoms with Gasteiger partial charge in [-0.15, -0.1) is 0 Å². The van der Waals surface area contributed by atoms with E-state index in [1.54, 1.807) is 23.1 Å². The Labute approximate surface area is 191 Å². The van der Waals surface area contributed by atoms with Crippen molar-refractivity contribution in [1.29, 1.82) is 0 Å². The Hall–Kier alpha value is -2.30. The van der Waals surface area contributed by atoms with Gasteiger partial charge in [-0.3, -0.25) is 8.97 Å². The van der Waals surface area contributed by atoms with E-state index in [1.807, 2.05) is 30.3 Å². The molecule has 5 aromatic rings. The van der Waals surface area contributed by atoms with Crippen molar-refractivity contribution in [3.63, 3.8) is 0 Å². The van der Waals surface area contributed by atoms with Crippen molar-refractivity contribution in [3.8, 4) is 5.69 Å². The van der Waals surface area contributed by atoms with Crippen LogP contribution in [-0.2, 0) is 9.47 Å². The minimum Gasteiger partial charge on any atom is -0.349 e. The zero-order valence-electron chi connectivity index (χ0n) is 16.6. The highest BCUT2D eigenvalue weighted by Gasteiger charge is 2.22. The lowest BCUT2D eigenvalue weighted by Crippen LogP contribution is -2.11. The molecule has 0 amide bonds. The molecule has 0 radical (unpaired) electrons. The van der Waals surface area contributed by atoms with Crippen LogP contribution in [0.3, 0.4) is 0 Å². The molecule has 0 spiro atoms. The van der Waals surface area contributed by atoms with Crippen LogP contribution in [0.2, 0.25) is 0 Å². The van der Waals surface area contributed by atoms with Crippen molar-refractivity contribution in [2.75, 3.05) is 19.0 Å². The van der Waals surface area contributed by atoms with Crippen molar-refractivity contribution in [1.82, 2.24) is 18.9 Å². The van der Waals surface area contributed by atoms with Crippen LogP contribution in [0.1, 0.15) is 5.56 Å². The minimum absolute atomic E-state index is 0.215. The van der Waals surface area contributed by atoms with Crippen LogP contribution in [0.5, 0.6) is 0 Å². The molecule has 0 unspecified atom stereocenters. The first-order chi connectivity index (χ1) is 15.2. The molecule has 0 N–H and O–H groups in total. The zero-order chi connectivity index (χ0) is 20.9. The van der Waals surface area contributed by atoms with Crippen LogP contribution in [0.4, 0.5) is 0 Å². The van der Waals surface area contributed by atoms with E-state index in [9.17, 15) is 0 Å². The topological polar surface area (TPSA) is 53.6 Å². The molecule has 6 nitrogen and oxygen atoms in total. The molecule has 4 heterocycles. The van der Waals surface area contributed by atoms with Gasteiger partial charge in [0.1, 0.15) is 4.70 Å². The summed E-state index contributed by atoms with van der Waals surface area (Å²) in [6.45, 7) is 3.36. The number of nitrogens with zero attached hydrogens (tertiary/aromatic N) is 4. The summed E-state index contributed by atoms with van der Waals surface area (Å²) in [4.78, 5) is 10.1. The number of aryl methyl sites for hydroxylation is 1. The van der Waals surface area contributed by atoms with Gasteiger partial charge in [-0.05, 0) is 42.9 Å². The molecule has 156 valence electrons. The Balaban J connectivity index is 1.64. The largest absolute Gasteiger partial charge is 0.349 e. The number of hydrogen-bond acceptors (Lipinski definition) is 7. The van der Waals surface area contributed by atoms with Crippen molar-refractivity contribution in [2.24, 2.45) is 0 Å². The average Bonchev–Trinajstić information content (AvgIpc) is 3.49. The Morgan fingerprint density at radius 2 is 1.84 bits per heavy atom. The summed E-state index contributed by atoms with van der Waals surface area (Å²) in [6, 6.07) is 16.4. The van der Waals surface area contributed by atoms with Crippen LogP contribution in [0.15, 0.2) is 53.7 Å². The van der Waals surface area contributed by atoms with Crippen molar-refractivity contribution in [2.45, 2.75) is 18.4 Å². The molecule has 31 heavy (non-hydrogen) atoms. The average molecular weight is 467 g/mol. The number of fused-ring (bicyclic) bond motifs is 5. The maximum Gasteiger partial charge on any atom is 0.176 e. The summed E-state index contributed by atoms with van der Waals surface area (Å²) < 4.78 is 17.2. The molecule has 1 saturated heterocycles. The Kier molecular flexibility index (Phi) is 4.81. The van der Waals surface area contributed by atoms with Gasteiger partial charge in [0.25, 0.3) is 0 Å². The summed E-state index contributed by atoms with van der Waals surface area (Å²) in [7, 11) is 0. The first kappa shape index (κ1) is 19.4. The number of benzene rings is 2. The summed E-state index contributed by atoms with van der Waals surface area (Å²) in [5, 5.41) is 0.852. The van der Waals surface area contributed by atoms with E-state index in [0.29, 0.717) is 19.0 Å². The van der Waals surface area contributed by atoms with Crippen LogP contribution in [0.25, 0.3) is 32.7 Å². The van der Waals surface area contributed by atoms with E-state index in [1.165, 1.54) is 0 Å². The molecular formula is C22H18N4O2S3. The van der Waals surface area contributed by atoms with Crippen LogP contribution >= 0.6 is 35.3 Å². The van der Waals surface area contributed by atoms with Crippen molar-refractivity contribution in [3.05, 3.63) is 58.0 Å². The molecule has 0 saturated carbocycles. The summed E-state index contributed by atoms with van der Waals surface area (Å²) in [6.07, 6.45) is -0.215. The lowest BCUT2D eigenvalue weighted by Gasteiger charge is -2.12. The molecule has 1 aliphatic heterocycles. The fraction of sp³-hybridized carbons (Fsp3) is 0.227. The summed E-state index contributed by atoms with van der Waals surface area (Å²) in [5.41, 5.74) is 5.88. The SMILES string of the molecule is Cc1ccccc1-n1c(=S)sc2c1nc(SCC1OCCO1)n1c3ccccc3nc21. The van der Waals surface area contributed by atoms with E-state index in [0.717, 1.165) is 47.4 Å². The normalized spacial score (nSPS) is 15.0. The third kappa shape index (κ3) is 3.19. The fourth-order valence-corrected chi connectivity index (χ4v) is 6.18. The Bertz CT molecular complexity index is 1500. The van der Waals surface area contributed by atoms with E-state index in [4.69, 9.17) is 31.7 Å². The highest BCUT2D eigenvalue weighted by molar-refractivity contribution is 7.99. The van der Waals surface area contributed by atoms with Crippen LogP contribution in [0, 0.1) is 10.9 Å². The summed E-state index contributed by atoms with van der Waals surface area (Å²) in [5.74, 6) is 0.662. The predicted molar refractivity (Wildman–Crippen MR) is 127 cm³/mol. The van der Waals surface area contributed by atoms with Crippen molar-refractivity contribution >= 4 is 62.3 Å². The van der Waals surface area contributed by atoms with Gasteiger partial charge in [-0.1, -0.05) is 53.4 Å². The molecule has 3 aromatic heterocycles. The van der Waals surface area contributed by atoms with Gasteiger partial charge in [0, 0.05) is 0 Å². The second-order valence-corrected chi connectivity index (χ2v) is 9.91. The molecule has 1 fully saturated rings. The van der Waals surface area contributed by atoms with Gasteiger partial charge in [0.2, 0.25) is 0 Å². The minimum atomic E-state index is -0.215. The van der Waals surface area contributed by atoms with E-state index in [2.05, 4.69) is 34.1 Å². The molecule has 0 aliphatic carbocycles. The maximum atomic E-state index is 5.79. The number of imidazole rings is 1. The van der Waals surface area contributed by atoms with E-state index in [-0.39, 0.29) is 6.29 Å². The number of ether oxygens (including phenoxy) is 2. The van der Waals surface area contributed by atoms with E-state index < -0.39 is 0 Å². The second-order valence-electron chi connectivity index (χ2n) is 7.28. The van der Waals surface area contributed by atoms with Gasteiger partial charge in [0.15, 0.2) is 26.7 Å².